The fourth-order valence-corrected chi connectivity index (χ4v) is 16.4. The SMILES string of the molecule is C[C@@H]1CCC[C@@]2(C)CC[C@H]3[C@H](C)CC[C@@H](C[C@H]12)C3(C)C.O=P1(N(CCCl)CCCl)NCCCO1.S=P(N1CC1)(N1CC1)N1CC1. The molecule has 7 nitrogen and oxygen atoms in total. The van der Waals surface area contributed by atoms with Gasteiger partial charge < -0.3 is 4.52 Å². The number of nitrogens with zero attached hydrogens (tertiary/aromatic N) is 4. The molecule has 7 atom stereocenters. The van der Waals surface area contributed by atoms with Crippen LogP contribution in [0.2, 0.25) is 0 Å². The molecule has 7 aliphatic rings. The number of hydrogen-bond acceptors (Lipinski definition) is 3. The van der Waals surface area contributed by atoms with Crippen LogP contribution < -0.4 is 5.09 Å². The summed E-state index contributed by atoms with van der Waals surface area (Å²) in [7, 11) is -2.84. The Hall–Kier alpha value is 1.22. The van der Waals surface area contributed by atoms with E-state index < -0.39 is 14.2 Å². The van der Waals surface area contributed by atoms with E-state index in [2.05, 4.69) is 53.7 Å². The third-order valence-electron chi connectivity index (χ3n) is 12.6. The molecule has 0 amide bonds. The maximum Gasteiger partial charge on any atom is 0.343 e. The van der Waals surface area contributed by atoms with Crippen molar-refractivity contribution in [3.05, 3.63) is 0 Å². The Morgan fingerprint density at radius 1 is 0.867 bits per heavy atom. The molecule has 0 radical (unpaired) electrons. The lowest BCUT2D eigenvalue weighted by molar-refractivity contribution is -0.0692. The summed E-state index contributed by atoms with van der Waals surface area (Å²) < 4.78 is 26.6. The van der Waals surface area contributed by atoms with Gasteiger partial charge in [0.25, 0.3) is 0 Å². The highest BCUT2D eigenvalue weighted by molar-refractivity contribution is 8.11. The third-order valence-corrected chi connectivity index (χ3v) is 20.7. The van der Waals surface area contributed by atoms with Crippen LogP contribution in [0, 0.1) is 40.4 Å². The van der Waals surface area contributed by atoms with Crippen LogP contribution in [-0.2, 0) is 20.9 Å². The van der Waals surface area contributed by atoms with Crippen LogP contribution >= 0.6 is 37.4 Å². The van der Waals surface area contributed by atoms with Crippen molar-refractivity contribution in [2.75, 3.05) is 77.3 Å². The van der Waals surface area contributed by atoms with Crippen molar-refractivity contribution < 1.29 is 9.09 Å². The van der Waals surface area contributed by atoms with E-state index in [1.807, 2.05) is 0 Å². The molecule has 1 N–H and O–H groups in total. The number of nitrogens with one attached hydrogen (secondary N) is 1. The highest BCUT2D eigenvalue weighted by atomic mass is 35.5. The fraction of sp³-hybridized carbons (Fsp3) is 1.00. The topological polar surface area (TPSA) is 50.6 Å². The monoisotopic (exact) mass is 725 g/mol. The van der Waals surface area contributed by atoms with Gasteiger partial charge in [0.05, 0.1) is 6.61 Å². The van der Waals surface area contributed by atoms with Gasteiger partial charge in [-0.05, 0) is 90.8 Å². The fourth-order valence-electron chi connectivity index (χ4n) is 9.40. The summed E-state index contributed by atoms with van der Waals surface area (Å²) in [5.41, 5.74) is 1.26. The van der Waals surface area contributed by atoms with Gasteiger partial charge >= 0.3 is 7.67 Å². The first-order chi connectivity index (χ1) is 21.4. The van der Waals surface area contributed by atoms with Crippen LogP contribution in [0.4, 0.5) is 0 Å². The minimum Gasteiger partial charge on any atom is -0.306 e. The second kappa shape index (κ2) is 15.6. The first-order valence-electron chi connectivity index (χ1n) is 18.1. The maximum atomic E-state index is 12.2. The van der Waals surface area contributed by atoms with Crippen molar-refractivity contribution in [2.24, 2.45) is 40.4 Å². The molecule has 1 unspecified atom stereocenters. The van der Waals surface area contributed by atoms with Gasteiger partial charge in [-0.3, -0.25) is 4.57 Å². The molecule has 0 aromatic carbocycles. The molecule has 4 heterocycles. The molecule has 3 saturated carbocycles. The Balaban J connectivity index is 0.000000140. The predicted octanol–water partition coefficient (Wildman–Crippen LogP) is 8.34. The number of hydrogen-bond donors (Lipinski definition) is 1. The van der Waals surface area contributed by atoms with Crippen LogP contribution in [0.3, 0.4) is 0 Å². The zero-order valence-corrected chi connectivity index (χ0v) is 33.0. The molecule has 7 fully saturated rings. The van der Waals surface area contributed by atoms with Crippen molar-refractivity contribution >= 4 is 49.2 Å². The molecule has 12 heteroatoms. The van der Waals surface area contributed by atoms with E-state index in [-0.39, 0.29) is 0 Å². The molecule has 0 aromatic rings. The van der Waals surface area contributed by atoms with Gasteiger partial charge in [-0.2, -0.15) is 0 Å². The van der Waals surface area contributed by atoms with E-state index in [0.29, 0.717) is 42.3 Å². The van der Waals surface area contributed by atoms with Gasteiger partial charge in [0, 0.05) is 70.7 Å². The lowest BCUT2D eigenvalue weighted by atomic mass is 9.48. The van der Waals surface area contributed by atoms with E-state index >= 15 is 0 Å². The van der Waals surface area contributed by atoms with Gasteiger partial charge in [-0.15, -0.1) is 23.2 Å². The summed E-state index contributed by atoms with van der Waals surface area (Å²) in [5.74, 6) is 5.76. The first-order valence-corrected chi connectivity index (χ1v) is 23.4. The summed E-state index contributed by atoms with van der Waals surface area (Å²) >= 11 is 17.0. The van der Waals surface area contributed by atoms with Crippen LogP contribution in [0.5, 0.6) is 0 Å². The summed E-state index contributed by atoms with van der Waals surface area (Å²) in [6, 6.07) is 0. The molecule has 4 saturated heterocycles. The zero-order chi connectivity index (χ0) is 32.5. The van der Waals surface area contributed by atoms with Crippen molar-refractivity contribution in [1.29, 1.82) is 0 Å². The van der Waals surface area contributed by atoms with Crippen LogP contribution in [0.1, 0.15) is 92.4 Å². The second-order valence-electron chi connectivity index (χ2n) is 15.9. The standard InChI is InChI=1S/C20H36.C7H15Cl2N2O2P.C6H12N3PS/c1-14-7-6-11-20(5)12-10-17-15(2)8-9-16(13-18(14)20)19(17,3)4;8-2-5-11(6-3-9)14(12)10-4-1-7-13-14;11-10(7-1-2-7,8-3-4-8)9-5-6-9/h14-18H,6-13H2,1-5H3;1-7H2,(H,10,12);1-6H2/t14-,15-,16+,17+,18-,20+;;/m1../s1. The van der Waals surface area contributed by atoms with Gasteiger partial charge in [0.2, 0.25) is 0 Å². The maximum absolute atomic E-state index is 12.2. The molecule has 4 aliphatic heterocycles. The van der Waals surface area contributed by atoms with Crippen LogP contribution in [-0.4, -0.2) is 96.0 Å². The molecule has 45 heavy (non-hydrogen) atoms. The Kier molecular flexibility index (Phi) is 13.0. The Bertz CT molecular complexity index is 1020. The normalized spacial score (nSPS) is 39.7. The molecule has 262 valence electrons. The minimum atomic E-state index is -2.84. The second-order valence-corrected chi connectivity index (χ2v) is 23.0. The van der Waals surface area contributed by atoms with Crippen molar-refractivity contribution in [2.45, 2.75) is 92.4 Å². The molecule has 3 aliphatic carbocycles. The highest BCUT2D eigenvalue weighted by Crippen LogP contribution is 2.65. The Morgan fingerprint density at radius 3 is 1.96 bits per heavy atom. The molecule has 2 bridgehead atoms. The number of fused-ring (bicyclic) bond motifs is 3. The van der Waals surface area contributed by atoms with Crippen molar-refractivity contribution in [3.63, 3.8) is 0 Å². The molecular formula is C33H63Cl2N5O2P2S. The van der Waals surface area contributed by atoms with E-state index in [9.17, 15) is 4.57 Å². The van der Waals surface area contributed by atoms with Crippen molar-refractivity contribution in [1.82, 2.24) is 23.8 Å². The van der Waals surface area contributed by atoms with Crippen LogP contribution in [0.15, 0.2) is 0 Å². The average Bonchev–Trinajstić information content (AvgIpc) is 3.83. The van der Waals surface area contributed by atoms with E-state index in [1.54, 1.807) is 4.67 Å². The molecular weight excluding hydrogens is 663 g/mol. The van der Waals surface area contributed by atoms with E-state index in [0.717, 1.165) is 42.6 Å². The third kappa shape index (κ3) is 8.76. The largest absolute Gasteiger partial charge is 0.343 e. The van der Waals surface area contributed by atoms with E-state index in [1.165, 1.54) is 90.6 Å². The highest BCUT2D eigenvalue weighted by Gasteiger charge is 2.52. The Labute approximate surface area is 290 Å². The molecule has 0 aromatic heterocycles. The summed E-state index contributed by atoms with van der Waals surface area (Å²) in [5, 5.41) is 2.91. The summed E-state index contributed by atoms with van der Waals surface area (Å²) in [6.45, 7) is 21.5. The minimum absolute atomic E-state index is 0.423. The number of halogens is 2. The van der Waals surface area contributed by atoms with Gasteiger partial charge in [0.1, 0.15) is 6.49 Å². The lowest BCUT2D eigenvalue weighted by Crippen LogP contribution is -2.48. The Morgan fingerprint density at radius 2 is 1.44 bits per heavy atom. The van der Waals surface area contributed by atoms with Crippen molar-refractivity contribution in [3.8, 4) is 0 Å². The molecule has 7 rings (SSSR count). The van der Waals surface area contributed by atoms with Gasteiger partial charge in [-0.25, -0.2) is 23.8 Å². The smallest absolute Gasteiger partial charge is 0.306 e. The van der Waals surface area contributed by atoms with Gasteiger partial charge in [-0.1, -0.05) is 53.9 Å². The quantitative estimate of drug-likeness (QED) is 0.152. The van der Waals surface area contributed by atoms with Gasteiger partial charge in [0.15, 0.2) is 0 Å². The lowest BCUT2D eigenvalue weighted by Gasteiger charge is -2.57. The predicted molar refractivity (Wildman–Crippen MR) is 196 cm³/mol. The number of alkyl halides is 2. The molecule has 0 spiro atoms. The average molecular weight is 727 g/mol. The summed E-state index contributed by atoms with van der Waals surface area (Å²) in [6.07, 6.45) is 12.9. The first kappa shape index (κ1) is 37.5. The number of rotatable bonds is 8. The van der Waals surface area contributed by atoms with E-state index in [4.69, 9.17) is 39.5 Å². The summed E-state index contributed by atoms with van der Waals surface area (Å²) in [4.78, 5) is 0. The zero-order valence-electron chi connectivity index (χ0n) is 28.9. The van der Waals surface area contributed by atoms with Crippen LogP contribution in [0.25, 0.3) is 0 Å².